The standard InChI is InChI=1S/C9H16ClN3O2/c1-7(10)11-9(14)13(12-15)8-5-3-2-4-6-8/h7-8H,2-6H2,1H3,(H,11,14). The molecule has 0 aromatic carbocycles. The zero-order valence-corrected chi connectivity index (χ0v) is 9.54. The van der Waals surface area contributed by atoms with Crippen LogP contribution in [0.25, 0.3) is 0 Å². The van der Waals surface area contributed by atoms with Crippen molar-refractivity contribution in [3.8, 4) is 0 Å². The molecule has 0 aromatic rings. The molecule has 1 aliphatic carbocycles. The number of nitrogens with one attached hydrogen (secondary N) is 1. The summed E-state index contributed by atoms with van der Waals surface area (Å²) >= 11 is 5.61. The number of carbonyl (C=O) groups excluding carboxylic acids is 1. The molecule has 6 heteroatoms. The molecule has 0 aliphatic heterocycles. The molecule has 1 aliphatic rings. The largest absolute Gasteiger partial charge is 0.341 e. The average Bonchev–Trinajstić information content (AvgIpc) is 2.19. The van der Waals surface area contributed by atoms with Crippen LogP contribution >= 0.6 is 11.6 Å². The van der Waals surface area contributed by atoms with Crippen LogP contribution in [0.3, 0.4) is 0 Å². The van der Waals surface area contributed by atoms with Crippen LogP contribution in [0.2, 0.25) is 0 Å². The lowest BCUT2D eigenvalue weighted by Crippen LogP contribution is -2.45. The van der Waals surface area contributed by atoms with Crippen molar-refractivity contribution in [2.75, 3.05) is 0 Å². The number of hydrogen-bond acceptors (Lipinski definition) is 3. The van der Waals surface area contributed by atoms with E-state index in [0.717, 1.165) is 37.1 Å². The number of hydrogen-bond donors (Lipinski definition) is 1. The number of nitroso groups, excluding NO2 is 1. The van der Waals surface area contributed by atoms with Crippen LogP contribution in [-0.4, -0.2) is 22.6 Å². The van der Waals surface area contributed by atoms with Crippen LogP contribution in [-0.2, 0) is 0 Å². The Bertz CT molecular complexity index is 229. The van der Waals surface area contributed by atoms with Gasteiger partial charge in [-0.3, -0.25) is 0 Å². The topological polar surface area (TPSA) is 61.8 Å². The van der Waals surface area contributed by atoms with Crippen LogP contribution in [0.5, 0.6) is 0 Å². The Labute approximate surface area is 94.1 Å². The van der Waals surface area contributed by atoms with E-state index < -0.39 is 11.5 Å². The van der Waals surface area contributed by atoms with E-state index in [2.05, 4.69) is 10.6 Å². The number of urea groups is 1. The third kappa shape index (κ3) is 3.66. The molecule has 2 amide bonds. The van der Waals surface area contributed by atoms with Gasteiger partial charge in [0, 0.05) is 0 Å². The summed E-state index contributed by atoms with van der Waals surface area (Å²) in [7, 11) is 0. The SMILES string of the molecule is CC(Cl)NC(=O)N(N=O)C1CCCCC1. The third-order valence-electron chi connectivity index (χ3n) is 2.54. The zero-order valence-electron chi connectivity index (χ0n) is 8.78. The summed E-state index contributed by atoms with van der Waals surface area (Å²) in [6, 6.07) is -0.564. The molecule has 5 nitrogen and oxygen atoms in total. The number of amides is 2. The highest BCUT2D eigenvalue weighted by Gasteiger charge is 2.26. The van der Waals surface area contributed by atoms with E-state index in [4.69, 9.17) is 11.6 Å². The molecule has 1 N–H and O–H groups in total. The monoisotopic (exact) mass is 233 g/mol. The van der Waals surface area contributed by atoms with E-state index >= 15 is 0 Å². The minimum absolute atomic E-state index is 0.0633. The van der Waals surface area contributed by atoms with E-state index in [9.17, 15) is 9.70 Å². The number of rotatable bonds is 3. The Kier molecular flexibility index (Phi) is 4.81. The second kappa shape index (κ2) is 5.90. The zero-order chi connectivity index (χ0) is 11.3. The van der Waals surface area contributed by atoms with E-state index in [1.165, 1.54) is 0 Å². The van der Waals surface area contributed by atoms with Gasteiger partial charge in [-0.1, -0.05) is 30.9 Å². The second-order valence-electron chi connectivity index (χ2n) is 3.78. The summed E-state index contributed by atoms with van der Waals surface area (Å²) in [5.74, 6) is 0. The average molecular weight is 234 g/mol. The third-order valence-corrected chi connectivity index (χ3v) is 2.65. The lowest BCUT2D eigenvalue weighted by molar-refractivity contribution is 0.157. The van der Waals surface area contributed by atoms with Gasteiger partial charge < -0.3 is 5.32 Å². The molecule has 0 radical (unpaired) electrons. The first-order valence-corrected chi connectivity index (χ1v) is 5.66. The number of carbonyl (C=O) groups is 1. The number of nitrogens with zero attached hydrogens (tertiary/aromatic N) is 2. The fourth-order valence-corrected chi connectivity index (χ4v) is 1.92. The molecule has 0 spiro atoms. The van der Waals surface area contributed by atoms with Crippen molar-refractivity contribution in [2.24, 2.45) is 5.29 Å². The van der Waals surface area contributed by atoms with Gasteiger partial charge in [-0.15, -0.1) is 4.91 Å². The van der Waals surface area contributed by atoms with Crippen LogP contribution < -0.4 is 5.32 Å². The van der Waals surface area contributed by atoms with E-state index in [1.54, 1.807) is 6.92 Å². The van der Waals surface area contributed by atoms with Gasteiger partial charge in [-0.2, -0.15) is 5.01 Å². The highest BCUT2D eigenvalue weighted by molar-refractivity contribution is 6.20. The first-order chi connectivity index (χ1) is 7.15. The van der Waals surface area contributed by atoms with Gasteiger partial charge in [0.15, 0.2) is 0 Å². The minimum atomic E-state index is -0.501. The van der Waals surface area contributed by atoms with Crippen LogP contribution in [0, 0.1) is 4.91 Å². The molecule has 1 unspecified atom stereocenters. The Morgan fingerprint density at radius 1 is 1.47 bits per heavy atom. The van der Waals surface area contributed by atoms with Crippen molar-refractivity contribution < 1.29 is 4.79 Å². The normalized spacial score (nSPS) is 19.3. The van der Waals surface area contributed by atoms with Gasteiger partial charge in [0.05, 0.1) is 11.3 Å². The molecule has 0 saturated heterocycles. The summed E-state index contributed by atoms with van der Waals surface area (Å²) in [6.07, 6.45) is 4.93. The molecule has 0 aromatic heterocycles. The van der Waals surface area contributed by atoms with Crippen LogP contribution in [0.1, 0.15) is 39.0 Å². The number of halogens is 1. The van der Waals surface area contributed by atoms with Crippen molar-refractivity contribution in [2.45, 2.75) is 50.6 Å². The summed E-state index contributed by atoms with van der Waals surface area (Å²) in [4.78, 5) is 22.1. The fraction of sp³-hybridized carbons (Fsp3) is 0.889. The van der Waals surface area contributed by atoms with Crippen LogP contribution in [0.15, 0.2) is 5.29 Å². The predicted octanol–water partition coefficient (Wildman–Crippen LogP) is 2.60. The lowest BCUT2D eigenvalue weighted by atomic mass is 9.95. The van der Waals surface area contributed by atoms with Crippen molar-refractivity contribution >= 4 is 17.6 Å². The van der Waals surface area contributed by atoms with Crippen molar-refractivity contribution in [1.82, 2.24) is 10.3 Å². The first-order valence-electron chi connectivity index (χ1n) is 5.22. The van der Waals surface area contributed by atoms with E-state index in [1.807, 2.05) is 0 Å². The first kappa shape index (κ1) is 12.2. The van der Waals surface area contributed by atoms with Crippen molar-refractivity contribution in [3.05, 3.63) is 4.91 Å². The van der Waals surface area contributed by atoms with Gasteiger partial charge in [0.25, 0.3) is 0 Å². The quantitative estimate of drug-likeness (QED) is 0.353. The Balaban J connectivity index is 2.52. The highest BCUT2D eigenvalue weighted by Crippen LogP contribution is 2.22. The van der Waals surface area contributed by atoms with Crippen LogP contribution in [0.4, 0.5) is 4.79 Å². The maximum atomic E-state index is 11.5. The van der Waals surface area contributed by atoms with E-state index in [0.29, 0.717) is 0 Å². The molecule has 1 saturated carbocycles. The Morgan fingerprint density at radius 3 is 2.53 bits per heavy atom. The maximum Gasteiger partial charge on any atom is 0.341 e. The molecule has 86 valence electrons. The molecular weight excluding hydrogens is 218 g/mol. The van der Waals surface area contributed by atoms with Gasteiger partial charge in [0.1, 0.15) is 5.50 Å². The smallest absolute Gasteiger partial charge is 0.320 e. The van der Waals surface area contributed by atoms with Gasteiger partial charge in [-0.25, -0.2) is 4.79 Å². The summed E-state index contributed by atoms with van der Waals surface area (Å²) in [5.41, 5.74) is -0.495. The lowest BCUT2D eigenvalue weighted by Gasteiger charge is -2.28. The Hall–Kier alpha value is -0.840. The molecule has 1 rings (SSSR count). The van der Waals surface area contributed by atoms with Crippen molar-refractivity contribution in [1.29, 1.82) is 0 Å². The number of alkyl halides is 1. The van der Waals surface area contributed by atoms with Gasteiger partial charge in [0.2, 0.25) is 0 Å². The summed E-state index contributed by atoms with van der Waals surface area (Å²) in [5, 5.41) is 6.21. The highest BCUT2D eigenvalue weighted by atomic mass is 35.5. The maximum absolute atomic E-state index is 11.5. The molecule has 15 heavy (non-hydrogen) atoms. The molecular formula is C9H16ClN3O2. The van der Waals surface area contributed by atoms with Gasteiger partial charge >= 0.3 is 6.03 Å². The Morgan fingerprint density at radius 2 is 2.07 bits per heavy atom. The van der Waals surface area contributed by atoms with E-state index in [-0.39, 0.29) is 6.04 Å². The molecule has 1 fully saturated rings. The fourth-order valence-electron chi connectivity index (χ4n) is 1.83. The molecule has 0 bridgehead atoms. The summed E-state index contributed by atoms with van der Waals surface area (Å²) in [6.45, 7) is 1.63. The van der Waals surface area contributed by atoms with Crippen molar-refractivity contribution in [3.63, 3.8) is 0 Å². The van der Waals surface area contributed by atoms with Gasteiger partial charge in [-0.05, 0) is 19.8 Å². The molecule has 0 heterocycles. The second-order valence-corrected chi connectivity index (χ2v) is 4.44. The summed E-state index contributed by atoms with van der Waals surface area (Å²) < 4.78 is 0. The molecule has 1 atom stereocenters. The minimum Gasteiger partial charge on any atom is -0.320 e. The predicted molar refractivity (Wildman–Crippen MR) is 58.4 cm³/mol.